The van der Waals surface area contributed by atoms with Gasteiger partial charge in [-0.25, -0.2) is 0 Å². The van der Waals surface area contributed by atoms with Crippen molar-refractivity contribution in [2.45, 2.75) is 71.7 Å². The summed E-state index contributed by atoms with van der Waals surface area (Å²) in [5, 5.41) is 0. The number of hydrogen-bond acceptors (Lipinski definition) is 3. The molecule has 0 aliphatic carbocycles. The molecule has 0 heterocycles. The third-order valence-corrected chi connectivity index (χ3v) is 3.48. The molecule has 0 rings (SSSR count). The predicted molar refractivity (Wildman–Crippen MR) is 94.0 cm³/mol. The van der Waals surface area contributed by atoms with Crippen LogP contribution in [0.4, 0.5) is 0 Å². The van der Waals surface area contributed by atoms with E-state index in [1.807, 2.05) is 13.0 Å². The van der Waals surface area contributed by atoms with Gasteiger partial charge >= 0.3 is 0 Å². The monoisotopic (exact) mass is 310 g/mol. The van der Waals surface area contributed by atoms with Crippen molar-refractivity contribution in [2.75, 3.05) is 13.2 Å². The van der Waals surface area contributed by atoms with Crippen LogP contribution in [0.5, 0.6) is 0 Å². The molecule has 0 aromatic heterocycles. The lowest BCUT2D eigenvalue weighted by molar-refractivity contribution is -0.126. The largest absolute Gasteiger partial charge is 0.488 e. The van der Waals surface area contributed by atoms with Gasteiger partial charge in [-0.3, -0.25) is 0 Å². The van der Waals surface area contributed by atoms with Crippen LogP contribution in [0.3, 0.4) is 0 Å². The molecular weight excluding hydrogens is 276 g/mol. The van der Waals surface area contributed by atoms with Gasteiger partial charge in [0.1, 0.15) is 11.4 Å². The third-order valence-electron chi connectivity index (χ3n) is 3.48. The second-order valence-electron chi connectivity index (χ2n) is 6.64. The lowest BCUT2D eigenvalue weighted by atomic mass is 9.99. The van der Waals surface area contributed by atoms with Gasteiger partial charge in [-0.15, -0.1) is 6.58 Å². The Morgan fingerprint density at radius 1 is 1.14 bits per heavy atom. The number of ether oxygens (including phenoxy) is 3. The van der Waals surface area contributed by atoms with Crippen LogP contribution in [-0.4, -0.2) is 30.5 Å². The van der Waals surface area contributed by atoms with Crippen LogP contribution in [0.25, 0.3) is 0 Å². The average molecular weight is 310 g/mol. The van der Waals surface area contributed by atoms with E-state index in [0.717, 1.165) is 18.6 Å². The zero-order valence-electron chi connectivity index (χ0n) is 15.3. The van der Waals surface area contributed by atoms with Crippen LogP contribution in [0, 0.1) is 0 Å². The minimum absolute atomic E-state index is 0.0344. The molecule has 0 N–H and O–H groups in total. The standard InChI is InChI=1S/C19H34O3/c1-9-13-20-15-17(22-18(5,6)12-4)14-19(7,8)21-16(10-2)11-3/h9-11,17H,1-2,12-15H2,3-8H3/b16-11+. The highest BCUT2D eigenvalue weighted by Gasteiger charge is 2.30. The van der Waals surface area contributed by atoms with Gasteiger partial charge in [0.25, 0.3) is 0 Å². The zero-order chi connectivity index (χ0) is 17.2. The summed E-state index contributed by atoms with van der Waals surface area (Å²) in [6, 6.07) is 0. The molecule has 0 aliphatic rings. The Morgan fingerprint density at radius 3 is 2.23 bits per heavy atom. The van der Waals surface area contributed by atoms with Crippen LogP contribution in [-0.2, 0) is 14.2 Å². The summed E-state index contributed by atoms with van der Waals surface area (Å²) in [5.41, 5.74) is -0.539. The van der Waals surface area contributed by atoms with Crippen LogP contribution in [0.15, 0.2) is 37.1 Å². The van der Waals surface area contributed by atoms with Gasteiger partial charge in [-0.05, 0) is 53.2 Å². The summed E-state index contributed by atoms with van der Waals surface area (Å²) < 4.78 is 17.8. The highest BCUT2D eigenvalue weighted by Crippen LogP contribution is 2.26. The molecular formula is C19H34O3. The SMILES string of the molecule is C=CCOCC(CC(C)(C)O/C(C=C)=C/C)OC(C)(C)CC. The molecule has 0 bridgehead atoms. The van der Waals surface area contributed by atoms with Crippen LogP contribution in [0.1, 0.15) is 54.4 Å². The minimum Gasteiger partial charge on any atom is -0.488 e. The van der Waals surface area contributed by atoms with Crippen LogP contribution < -0.4 is 0 Å². The zero-order valence-corrected chi connectivity index (χ0v) is 15.3. The third kappa shape index (κ3) is 9.06. The molecule has 22 heavy (non-hydrogen) atoms. The predicted octanol–water partition coefficient (Wildman–Crippen LogP) is 5.04. The Kier molecular flexibility index (Phi) is 9.38. The molecule has 0 saturated heterocycles. The molecule has 0 aromatic rings. The molecule has 0 saturated carbocycles. The van der Waals surface area contributed by atoms with E-state index >= 15 is 0 Å². The fourth-order valence-electron chi connectivity index (χ4n) is 2.08. The maximum Gasteiger partial charge on any atom is 0.115 e. The first-order valence-corrected chi connectivity index (χ1v) is 8.04. The van der Waals surface area contributed by atoms with E-state index in [9.17, 15) is 0 Å². The highest BCUT2D eigenvalue weighted by atomic mass is 16.5. The highest BCUT2D eigenvalue weighted by molar-refractivity contribution is 5.08. The molecule has 128 valence electrons. The Morgan fingerprint density at radius 2 is 1.77 bits per heavy atom. The topological polar surface area (TPSA) is 27.7 Å². The molecule has 3 nitrogen and oxygen atoms in total. The van der Waals surface area contributed by atoms with Gasteiger partial charge in [0.05, 0.1) is 24.9 Å². The Labute approximate surface area is 137 Å². The van der Waals surface area contributed by atoms with Crippen LogP contribution >= 0.6 is 0 Å². The smallest absolute Gasteiger partial charge is 0.115 e. The van der Waals surface area contributed by atoms with Crippen molar-refractivity contribution >= 4 is 0 Å². The lowest BCUT2D eigenvalue weighted by Gasteiger charge is -2.35. The molecule has 1 atom stereocenters. The van der Waals surface area contributed by atoms with Crippen LogP contribution in [0.2, 0.25) is 0 Å². The van der Waals surface area contributed by atoms with Crippen molar-refractivity contribution in [3.05, 3.63) is 37.1 Å². The number of hydrogen-bond donors (Lipinski definition) is 0. The summed E-state index contributed by atoms with van der Waals surface area (Å²) in [6.45, 7) is 20.9. The minimum atomic E-state index is -0.359. The number of allylic oxidation sites excluding steroid dienone is 2. The number of rotatable bonds is 12. The second-order valence-corrected chi connectivity index (χ2v) is 6.64. The van der Waals surface area contributed by atoms with Gasteiger partial charge in [-0.2, -0.15) is 0 Å². The van der Waals surface area contributed by atoms with E-state index < -0.39 is 0 Å². The van der Waals surface area contributed by atoms with Crippen molar-refractivity contribution in [3.63, 3.8) is 0 Å². The molecule has 0 radical (unpaired) electrons. The van der Waals surface area contributed by atoms with Gasteiger partial charge < -0.3 is 14.2 Å². The van der Waals surface area contributed by atoms with E-state index in [1.54, 1.807) is 12.2 Å². The van der Waals surface area contributed by atoms with Gasteiger partial charge in [-0.1, -0.05) is 19.6 Å². The second kappa shape index (κ2) is 9.86. The summed E-state index contributed by atoms with van der Waals surface area (Å²) in [5.74, 6) is 0.783. The summed E-state index contributed by atoms with van der Waals surface area (Å²) in [6.07, 6.45) is 7.03. The fourth-order valence-corrected chi connectivity index (χ4v) is 2.08. The van der Waals surface area contributed by atoms with E-state index in [-0.39, 0.29) is 17.3 Å². The van der Waals surface area contributed by atoms with Gasteiger partial charge in [0.2, 0.25) is 0 Å². The maximum absolute atomic E-state index is 6.23. The van der Waals surface area contributed by atoms with Gasteiger partial charge in [0, 0.05) is 6.42 Å². The molecule has 0 spiro atoms. The summed E-state index contributed by atoms with van der Waals surface area (Å²) in [4.78, 5) is 0. The first-order chi connectivity index (χ1) is 10.2. The van der Waals surface area contributed by atoms with Crippen molar-refractivity contribution in [2.24, 2.45) is 0 Å². The van der Waals surface area contributed by atoms with E-state index in [0.29, 0.717) is 13.2 Å². The Balaban J connectivity index is 4.85. The molecule has 0 aromatic carbocycles. The first kappa shape index (κ1) is 20.9. The van der Waals surface area contributed by atoms with E-state index in [4.69, 9.17) is 14.2 Å². The van der Waals surface area contributed by atoms with Crippen molar-refractivity contribution in [1.82, 2.24) is 0 Å². The average Bonchev–Trinajstić information content (AvgIpc) is 2.44. The van der Waals surface area contributed by atoms with Gasteiger partial charge in [0.15, 0.2) is 0 Å². The molecule has 0 amide bonds. The summed E-state index contributed by atoms with van der Waals surface area (Å²) >= 11 is 0. The molecule has 0 aliphatic heterocycles. The molecule has 3 heteroatoms. The molecule has 0 fully saturated rings. The normalized spacial score (nSPS) is 14.5. The quantitative estimate of drug-likeness (QED) is 0.219. The van der Waals surface area contributed by atoms with E-state index in [2.05, 4.69) is 47.8 Å². The first-order valence-electron chi connectivity index (χ1n) is 8.04. The van der Waals surface area contributed by atoms with Crippen molar-refractivity contribution < 1.29 is 14.2 Å². The Bertz CT molecular complexity index is 367. The maximum atomic E-state index is 6.23. The van der Waals surface area contributed by atoms with Crippen molar-refractivity contribution in [3.8, 4) is 0 Å². The summed E-state index contributed by atoms with van der Waals surface area (Å²) in [7, 11) is 0. The fraction of sp³-hybridized carbons (Fsp3) is 0.684. The molecule has 1 unspecified atom stereocenters. The van der Waals surface area contributed by atoms with Crippen molar-refractivity contribution in [1.29, 1.82) is 0 Å². The van der Waals surface area contributed by atoms with E-state index in [1.165, 1.54) is 0 Å². The lowest BCUT2D eigenvalue weighted by Crippen LogP contribution is -2.39. The Hall–Kier alpha value is -1.06.